The summed E-state index contributed by atoms with van der Waals surface area (Å²) >= 11 is 0. The molecule has 0 radical (unpaired) electrons. The van der Waals surface area contributed by atoms with E-state index in [1.54, 1.807) is 12.1 Å². The van der Waals surface area contributed by atoms with Gasteiger partial charge in [0, 0.05) is 16.7 Å². The van der Waals surface area contributed by atoms with Crippen molar-refractivity contribution in [3.63, 3.8) is 0 Å². The van der Waals surface area contributed by atoms with Gasteiger partial charge in [-0.3, -0.25) is 10.1 Å². The smallest absolute Gasteiger partial charge is 0.216 e. The third-order valence-electron chi connectivity index (χ3n) is 2.23. The Kier molecular flexibility index (Phi) is 4.15. The first kappa shape index (κ1) is 11.6. The Balaban J connectivity index is 2.88. The van der Waals surface area contributed by atoms with Crippen molar-refractivity contribution in [1.82, 2.24) is 4.98 Å². The van der Waals surface area contributed by atoms with Crippen molar-refractivity contribution in [3.05, 3.63) is 40.0 Å². The van der Waals surface area contributed by atoms with Crippen molar-refractivity contribution in [1.29, 1.82) is 0 Å². The van der Waals surface area contributed by atoms with E-state index in [0.717, 1.165) is 6.42 Å². The van der Waals surface area contributed by atoms with Gasteiger partial charge in [0.05, 0.1) is 5.92 Å². The highest BCUT2D eigenvalue weighted by Gasteiger charge is 2.20. The van der Waals surface area contributed by atoms with E-state index < -0.39 is 10.9 Å². The summed E-state index contributed by atoms with van der Waals surface area (Å²) < 4.78 is 13.3. The lowest BCUT2D eigenvalue weighted by atomic mass is 9.96. The van der Waals surface area contributed by atoms with E-state index in [2.05, 4.69) is 4.98 Å². The molecule has 0 N–H and O–H groups in total. The summed E-state index contributed by atoms with van der Waals surface area (Å²) in [6.07, 6.45) is 2.73. The van der Waals surface area contributed by atoms with Gasteiger partial charge in [-0.25, -0.2) is 4.98 Å². The molecule has 0 saturated heterocycles. The van der Waals surface area contributed by atoms with Gasteiger partial charge < -0.3 is 0 Å². The highest BCUT2D eigenvalue weighted by atomic mass is 19.1. The fourth-order valence-electron chi connectivity index (χ4n) is 1.58. The van der Waals surface area contributed by atoms with Crippen molar-refractivity contribution in [3.8, 4) is 0 Å². The van der Waals surface area contributed by atoms with Crippen LogP contribution in [0, 0.1) is 16.1 Å². The molecule has 0 aliphatic rings. The highest BCUT2D eigenvalue weighted by molar-refractivity contribution is 5.16. The summed E-state index contributed by atoms with van der Waals surface area (Å²) in [5.41, 5.74) is 0.344. The molecule has 1 atom stereocenters. The molecule has 1 rings (SSSR count). The topological polar surface area (TPSA) is 56.0 Å². The molecular weight excluding hydrogens is 199 g/mol. The zero-order valence-electron chi connectivity index (χ0n) is 8.52. The predicted octanol–water partition coefficient (Wildman–Crippen LogP) is 2.38. The number of hydrogen-bond donors (Lipinski definition) is 0. The number of nitrogens with zero attached hydrogens (tertiary/aromatic N) is 2. The molecule has 1 aromatic rings. The van der Waals surface area contributed by atoms with Gasteiger partial charge in [0.1, 0.15) is 0 Å². The van der Waals surface area contributed by atoms with Crippen LogP contribution in [0.25, 0.3) is 0 Å². The quantitative estimate of drug-likeness (QED) is 0.427. The molecule has 0 fully saturated rings. The van der Waals surface area contributed by atoms with Crippen LogP contribution in [0.4, 0.5) is 4.39 Å². The van der Waals surface area contributed by atoms with Crippen LogP contribution in [0.5, 0.6) is 0 Å². The Labute approximate surface area is 87.3 Å². The number of rotatable bonds is 5. The van der Waals surface area contributed by atoms with Crippen molar-refractivity contribution in [2.24, 2.45) is 0 Å². The van der Waals surface area contributed by atoms with Gasteiger partial charge in [-0.1, -0.05) is 19.4 Å². The van der Waals surface area contributed by atoms with Crippen LogP contribution < -0.4 is 0 Å². The first-order valence-electron chi connectivity index (χ1n) is 4.87. The van der Waals surface area contributed by atoms with Crippen LogP contribution in [0.15, 0.2) is 18.3 Å². The zero-order chi connectivity index (χ0) is 11.3. The molecule has 0 amide bonds. The van der Waals surface area contributed by atoms with Gasteiger partial charge in [-0.05, 0) is 12.5 Å². The van der Waals surface area contributed by atoms with E-state index in [-0.39, 0.29) is 12.5 Å². The monoisotopic (exact) mass is 212 g/mol. The maximum Gasteiger partial charge on any atom is 0.216 e. The Hall–Kier alpha value is -1.52. The maximum absolute atomic E-state index is 13.3. The molecule has 1 heterocycles. The molecule has 5 heteroatoms. The van der Waals surface area contributed by atoms with E-state index >= 15 is 0 Å². The van der Waals surface area contributed by atoms with E-state index in [1.807, 2.05) is 6.92 Å². The van der Waals surface area contributed by atoms with Gasteiger partial charge in [-0.2, -0.15) is 4.39 Å². The van der Waals surface area contributed by atoms with E-state index in [9.17, 15) is 14.5 Å². The SMILES string of the molecule is CCCC(C[N+](=O)[O-])c1cccnc1F. The van der Waals surface area contributed by atoms with Crippen LogP contribution in [-0.4, -0.2) is 16.5 Å². The Morgan fingerprint density at radius 1 is 1.67 bits per heavy atom. The van der Waals surface area contributed by atoms with Crippen LogP contribution in [0.2, 0.25) is 0 Å². The number of pyridine rings is 1. The van der Waals surface area contributed by atoms with Gasteiger partial charge in [0.15, 0.2) is 0 Å². The Morgan fingerprint density at radius 3 is 2.93 bits per heavy atom. The van der Waals surface area contributed by atoms with Crippen molar-refractivity contribution in [2.75, 3.05) is 6.54 Å². The molecule has 0 aliphatic carbocycles. The van der Waals surface area contributed by atoms with Crippen LogP contribution in [-0.2, 0) is 0 Å². The number of aromatic nitrogens is 1. The third-order valence-corrected chi connectivity index (χ3v) is 2.23. The molecule has 1 aromatic heterocycles. The average molecular weight is 212 g/mol. The molecule has 1 unspecified atom stereocenters. The van der Waals surface area contributed by atoms with Crippen LogP contribution in [0.1, 0.15) is 31.2 Å². The maximum atomic E-state index is 13.3. The largest absolute Gasteiger partial charge is 0.265 e. The molecule has 15 heavy (non-hydrogen) atoms. The standard InChI is InChI=1S/C10H13FN2O2/c1-2-4-8(7-13(14)15)9-5-3-6-12-10(9)11/h3,5-6,8H,2,4,7H2,1H3. The van der Waals surface area contributed by atoms with Gasteiger partial charge >= 0.3 is 0 Å². The Morgan fingerprint density at radius 2 is 2.40 bits per heavy atom. The molecule has 82 valence electrons. The lowest BCUT2D eigenvalue weighted by molar-refractivity contribution is -0.483. The summed E-state index contributed by atoms with van der Waals surface area (Å²) in [6.45, 7) is 1.68. The first-order valence-corrected chi connectivity index (χ1v) is 4.87. The minimum Gasteiger partial charge on any atom is -0.265 e. The molecule has 0 aromatic carbocycles. The molecule has 4 nitrogen and oxygen atoms in total. The third kappa shape index (κ3) is 3.27. The second-order valence-electron chi connectivity index (χ2n) is 3.38. The fourth-order valence-corrected chi connectivity index (χ4v) is 1.58. The summed E-state index contributed by atoms with van der Waals surface area (Å²) in [6, 6.07) is 3.16. The Bertz CT molecular complexity index is 344. The predicted molar refractivity (Wildman–Crippen MR) is 53.7 cm³/mol. The van der Waals surface area contributed by atoms with Gasteiger partial charge in [0.2, 0.25) is 12.5 Å². The van der Waals surface area contributed by atoms with Crippen molar-refractivity contribution >= 4 is 0 Å². The summed E-state index contributed by atoms with van der Waals surface area (Å²) in [5.74, 6) is -0.975. The number of nitro groups is 1. The van der Waals surface area contributed by atoms with Gasteiger partial charge in [0.25, 0.3) is 0 Å². The van der Waals surface area contributed by atoms with Crippen molar-refractivity contribution in [2.45, 2.75) is 25.7 Å². The van der Waals surface area contributed by atoms with Crippen LogP contribution >= 0.6 is 0 Å². The number of hydrogen-bond acceptors (Lipinski definition) is 3. The second-order valence-corrected chi connectivity index (χ2v) is 3.38. The molecule has 0 spiro atoms. The van der Waals surface area contributed by atoms with Gasteiger partial charge in [-0.15, -0.1) is 0 Å². The number of halogens is 1. The minimum absolute atomic E-state index is 0.240. The first-order chi connectivity index (χ1) is 7.15. The molecule has 0 saturated carbocycles. The van der Waals surface area contributed by atoms with Crippen molar-refractivity contribution < 1.29 is 9.31 Å². The fraction of sp³-hybridized carbons (Fsp3) is 0.500. The lowest BCUT2D eigenvalue weighted by Gasteiger charge is -2.11. The lowest BCUT2D eigenvalue weighted by Crippen LogP contribution is -2.14. The zero-order valence-corrected chi connectivity index (χ0v) is 8.52. The van der Waals surface area contributed by atoms with E-state index in [0.29, 0.717) is 12.0 Å². The van der Waals surface area contributed by atoms with E-state index in [1.165, 1.54) is 6.20 Å². The summed E-state index contributed by atoms with van der Waals surface area (Å²) in [4.78, 5) is 13.5. The average Bonchev–Trinajstić information content (AvgIpc) is 2.17. The van der Waals surface area contributed by atoms with Crippen LogP contribution in [0.3, 0.4) is 0 Å². The highest BCUT2D eigenvalue weighted by Crippen LogP contribution is 2.22. The molecule has 0 aliphatic heterocycles. The molecule has 0 bridgehead atoms. The summed E-state index contributed by atoms with van der Waals surface area (Å²) in [7, 11) is 0. The molecular formula is C10H13FN2O2. The van der Waals surface area contributed by atoms with E-state index in [4.69, 9.17) is 0 Å². The minimum atomic E-state index is -0.599. The normalized spacial score (nSPS) is 12.4. The summed E-state index contributed by atoms with van der Waals surface area (Å²) in [5, 5.41) is 10.4. The second kappa shape index (κ2) is 5.38.